The molecule has 1 unspecified atom stereocenters. The normalized spacial score (nSPS) is 12.9. The number of hydrogen-bond donors (Lipinski definition) is 1. The van der Waals surface area contributed by atoms with Crippen molar-refractivity contribution in [3.63, 3.8) is 0 Å². The van der Waals surface area contributed by atoms with Gasteiger partial charge in [0, 0.05) is 17.1 Å². The highest BCUT2D eigenvalue weighted by Crippen LogP contribution is 2.24. The molecular formula is C13H15NO. The summed E-state index contributed by atoms with van der Waals surface area (Å²) in [6.07, 6.45) is 3.14. The number of pyridine rings is 1. The minimum absolute atomic E-state index is 0.395. The number of para-hydroxylation sites is 1. The van der Waals surface area contributed by atoms with Crippen LogP contribution in [0.15, 0.2) is 36.5 Å². The molecule has 2 rings (SSSR count). The summed E-state index contributed by atoms with van der Waals surface area (Å²) in [5.41, 5.74) is 1.86. The van der Waals surface area contributed by atoms with Crippen LogP contribution in [-0.2, 0) is 0 Å². The van der Waals surface area contributed by atoms with E-state index in [1.807, 2.05) is 30.3 Å². The van der Waals surface area contributed by atoms with Crippen molar-refractivity contribution in [1.29, 1.82) is 0 Å². The maximum absolute atomic E-state index is 9.98. The van der Waals surface area contributed by atoms with Gasteiger partial charge in [-0.2, -0.15) is 0 Å². The minimum atomic E-state index is -0.395. The molecule has 0 aliphatic rings. The van der Waals surface area contributed by atoms with Gasteiger partial charge in [0.1, 0.15) is 0 Å². The number of aromatic nitrogens is 1. The van der Waals surface area contributed by atoms with Crippen molar-refractivity contribution in [1.82, 2.24) is 4.98 Å². The number of benzene rings is 1. The van der Waals surface area contributed by atoms with Gasteiger partial charge < -0.3 is 5.11 Å². The van der Waals surface area contributed by atoms with E-state index in [9.17, 15) is 5.11 Å². The molecule has 1 heterocycles. The van der Waals surface area contributed by atoms with E-state index >= 15 is 0 Å². The van der Waals surface area contributed by atoms with Crippen LogP contribution in [0.1, 0.15) is 31.4 Å². The fourth-order valence-electron chi connectivity index (χ4n) is 1.83. The zero-order valence-corrected chi connectivity index (χ0v) is 8.85. The van der Waals surface area contributed by atoms with Crippen molar-refractivity contribution in [2.45, 2.75) is 25.9 Å². The lowest BCUT2D eigenvalue weighted by molar-refractivity contribution is 0.168. The Hall–Kier alpha value is -1.41. The summed E-state index contributed by atoms with van der Waals surface area (Å²) < 4.78 is 0. The fourth-order valence-corrected chi connectivity index (χ4v) is 1.83. The van der Waals surface area contributed by atoms with E-state index in [1.165, 1.54) is 0 Å². The first kappa shape index (κ1) is 10.1. The summed E-state index contributed by atoms with van der Waals surface area (Å²) in [4.78, 5) is 4.32. The van der Waals surface area contributed by atoms with Gasteiger partial charge in [-0.15, -0.1) is 0 Å². The summed E-state index contributed by atoms with van der Waals surface area (Å²) in [6.45, 7) is 2.07. The summed E-state index contributed by atoms with van der Waals surface area (Å²) in [6, 6.07) is 9.88. The number of fused-ring (bicyclic) bond motifs is 1. The quantitative estimate of drug-likeness (QED) is 0.827. The first-order valence-corrected chi connectivity index (χ1v) is 5.34. The SMILES string of the molecule is CCCC(O)c1cccc2cccnc12. The first-order valence-electron chi connectivity index (χ1n) is 5.34. The molecule has 0 amide bonds. The third kappa shape index (κ3) is 2.00. The average Bonchev–Trinajstić information content (AvgIpc) is 2.28. The Morgan fingerprint density at radius 2 is 2.07 bits per heavy atom. The molecule has 1 aromatic heterocycles. The van der Waals surface area contributed by atoms with Crippen LogP contribution in [0.4, 0.5) is 0 Å². The van der Waals surface area contributed by atoms with Gasteiger partial charge in [-0.05, 0) is 12.5 Å². The maximum atomic E-state index is 9.98. The molecule has 0 aliphatic carbocycles. The van der Waals surface area contributed by atoms with Crippen LogP contribution < -0.4 is 0 Å². The van der Waals surface area contributed by atoms with E-state index in [0.717, 1.165) is 29.3 Å². The van der Waals surface area contributed by atoms with E-state index in [1.54, 1.807) is 6.20 Å². The second-order valence-corrected chi connectivity index (χ2v) is 3.73. The van der Waals surface area contributed by atoms with Gasteiger partial charge in [0.25, 0.3) is 0 Å². The van der Waals surface area contributed by atoms with Crippen molar-refractivity contribution in [2.75, 3.05) is 0 Å². The highest BCUT2D eigenvalue weighted by Gasteiger charge is 2.10. The smallest absolute Gasteiger partial charge is 0.0811 e. The Kier molecular flexibility index (Phi) is 2.97. The largest absolute Gasteiger partial charge is 0.388 e. The van der Waals surface area contributed by atoms with E-state index in [-0.39, 0.29) is 0 Å². The Morgan fingerprint density at radius 3 is 2.87 bits per heavy atom. The molecule has 2 aromatic rings. The van der Waals surface area contributed by atoms with E-state index in [0.29, 0.717) is 0 Å². The first-order chi connectivity index (χ1) is 7.33. The van der Waals surface area contributed by atoms with Crippen LogP contribution in [0.3, 0.4) is 0 Å². The van der Waals surface area contributed by atoms with E-state index in [4.69, 9.17) is 0 Å². The lowest BCUT2D eigenvalue weighted by Crippen LogP contribution is -1.98. The zero-order chi connectivity index (χ0) is 10.7. The van der Waals surface area contributed by atoms with Crippen LogP contribution >= 0.6 is 0 Å². The predicted molar refractivity (Wildman–Crippen MR) is 61.6 cm³/mol. The van der Waals surface area contributed by atoms with Gasteiger partial charge in [0.15, 0.2) is 0 Å². The second-order valence-electron chi connectivity index (χ2n) is 3.73. The Bertz CT molecular complexity index is 448. The van der Waals surface area contributed by atoms with Crippen LogP contribution in [0.25, 0.3) is 10.9 Å². The van der Waals surface area contributed by atoms with E-state index < -0.39 is 6.10 Å². The van der Waals surface area contributed by atoms with Crippen molar-refractivity contribution in [3.05, 3.63) is 42.1 Å². The molecule has 0 aliphatic heterocycles. The van der Waals surface area contributed by atoms with Gasteiger partial charge >= 0.3 is 0 Å². The topological polar surface area (TPSA) is 33.1 Å². The van der Waals surface area contributed by atoms with Crippen molar-refractivity contribution in [2.24, 2.45) is 0 Å². The number of rotatable bonds is 3. The number of aliphatic hydroxyl groups is 1. The molecule has 78 valence electrons. The molecule has 2 heteroatoms. The second kappa shape index (κ2) is 4.41. The molecule has 0 saturated carbocycles. The molecule has 15 heavy (non-hydrogen) atoms. The molecule has 0 bridgehead atoms. The third-order valence-corrected chi connectivity index (χ3v) is 2.59. The Balaban J connectivity index is 2.50. The van der Waals surface area contributed by atoms with Crippen LogP contribution in [-0.4, -0.2) is 10.1 Å². The molecular weight excluding hydrogens is 186 g/mol. The molecule has 1 aromatic carbocycles. The number of hydrogen-bond acceptors (Lipinski definition) is 2. The lowest BCUT2D eigenvalue weighted by atomic mass is 10.0. The molecule has 1 N–H and O–H groups in total. The van der Waals surface area contributed by atoms with Gasteiger partial charge in [-0.25, -0.2) is 0 Å². The molecule has 0 saturated heterocycles. The fraction of sp³-hybridized carbons (Fsp3) is 0.308. The highest BCUT2D eigenvalue weighted by molar-refractivity contribution is 5.81. The summed E-state index contributed by atoms with van der Waals surface area (Å²) in [7, 11) is 0. The number of nitrogens with zero attached hydrogens (tertiary/aromatic N) is 1. The summed E-state index contributed by atoms with van der Waals surface area (Å²) in [5.74, 6) is 0. The van der Waals surface area contributed by atoms with Gasteiger partial charge in [0.2, 0.25) is 0 Å². The highest BCUT2D eigenvalue weighted by atomic mass is 16.3. The molecule has 2 nitrogen and oxygen atoms in total. The third-order valence-electron chi connectivity index (χ3n) is 2.59. The Morgan fingerprint density at radius 1 is 1.27 bits per heavy atom. The summed E-state index contributed by atoms with van der Waals surface area (Å²) in [5, 5.41) is 11.1. The van der Waals surface area contributed by atoms with Gasteiger partial charge in [0.05, 0.1) is 11.6 Å². The standard InChI is InChI=1S/C13H15NO/c1-2-5-12(15)11-8-3-6-10-7-4-9-14-13(10)11/h3-4,6-9,12,15H,2,5H2,1H3. The van der Waals surface area contributed by atoms with Gasteiger partial charge in [-0.3, -0.25) is 4.98 Å². The lowest BCUT2D eigenvalue weighted by Gasteiger charge is -2.11. The van der Waals surface area contributed by atoms with Gasteiger partial charge in [-0.1, -0.05) is 37.6 Å². The average molecular weight is 201 g/mol. The predicted octanol–water partition coefficient (Wildman–Crippen LogP) is 3.07. The van der Waals surface area contributed by atoms with Crippen LogP contribution in [0, 0.1) is 0 Å². The minimum Gasteiger partial charge on any atom is -0.388 e. The Labute approximate surface area is 89.6 Å². The zero-order valence-electron chi connectivity index (χ0n) is 8.85. The molecule has 0 spiro atoms. The molecule has 0 fully saturated rings. The molecule has 1 atom stereocenters. The monoisotopic (exact) mass is 201 g/mol. The van der Waals surface area contributed by atoms with Crippen molar-refractivity contribution in [3.8, 4) is 0 Å². The summed E-state index contributed by atoms with van der Waals surface area (Å²) >= 11 is 0. The molecule has 0 radical (unpaired) electrons. The maximum Gasteiger partial charge on any atom is 0.0811 e. The number of aliphatic hydroxyl groups excluding tert-OH is 1. The van der Waals surface area contributed by atoms with E-state index in [2.05, 4.69) is 11.9 Å². The van der Waals surface area contributed by atoms with Crippen molar-refractivity contribution < 1.29 is 5.11 Å². The van der Waals surface area contributed by atoms with Crippen molar-refractivity contribution >= 4 is 10.9 Å². The van der Waals surface area contributed by atoms with Crippen LogP contribution in [0.5, 0.6) is 0 Å². The van der Waals surface area contributed by atoms with Crippen LogP contribution in [0.2, 0.25) is 0 Å².